The van der Waals surface area contributed by atoms with E-state index in [1.54, 1.807) is 6.07 Å². The van der Waals surface area contributed by atoms with Crippen LogP contribution in [0.5, 0.6) is 0 Å². The molecule has 0 saturated heterocycles. The fourth-order valence-electron chi connectivity index (χ4n) is 2.71. The summed E-state index contributed by atoms with van der Waals surface area (Å²) in [7, 11) is 1.81. The van der Waals surface area contributed by atoms with Gasteiger partial charge in [0.05, 0.1) is 6.04 Å². The van der Waals surface area contributed by atoms with E-state index in [1.807, 2.05) is 17.8 Å². The Hall–Kier alpha value is -1.47. The van der Waals surface area contributed by atoms with Crippen LogP contribution in [0.2, 0.25) is 0 Å². The van der Waals surface area contributed by atoms with Gasteiger partial charge in [-0.15, -0.1) is 5.10 Å². The number of rotatable bonds is 5. The van der Waals surface area contributed by atoms with Crippen LogP contribution >= 0.6 is 11.8 Å². The molecule has 7 heteroatoms. The Bertz CT molecular complexity index is 609. The zero-order valence-electron chi connectivity index (χ0n) is 11.9. The Morgan fingerprint density at radius 3 is 2.95 bits per heavy atom. The SMILES string of the molecule is CNCc1c(F)cccc1Sc1nnnn1C1CCCC1. The summed E-state index contributed by atoms with van der Waals surface area (Å²) in [6, 6.07) is 5.49. The molecule has 0 aliphatic heterocycles. The second-order valence-electron chi connectivity index (χ2n) is 5.19. The van der Waals surface area contributed by atoms with Crippen LogP contribution in [0.25, 0.3) is 0 Å². The van der Waals surface area contributed by atoms with Crippen LogP contribution in [-0.4, -0.2) is 27.3 Å². The third-order valence-corrected chi connectivity index (χ3v) is 4.82. The van der Waals surface area contributed by atoms with E-state index < -0.39 is 0 Å². The topological polar surface area (TPSA) is 55.6 Å². The number of nitrogens with zero attached hydrogens (tertiary/aromatic N) is 4. The van der Waals surface area contributed by atoms with Crippen molar-refractivity contribution in [1.82, 2.24) is 25.5 Å². The first-order valence-electron chi connectivity index (χ1n) is 7.17. The molecule has 2 aromatic rings. The van der Waals surface area contributed by atoms with Gasteiger partial charge in [0.2, 0.25) is 5.16 Å². The minimum absolute atomic E-state index is 0.200. The molecule has 1 heterocycles. The molecular formula is C14H18FN5S. The van der Waals surface area contributed by atoms with Crippen LogP contribution < -0.4 is 5.32 Å². The molecule has 112 valence electrons. The van der Waals surface area contributed by atoms with Gasteiger partial charge >= 0.3 is 0 Å². The van der Waals surface area contributed by atoms with Crippen molar-refractivity contribution in [2.24, 2.45) is 0 Å². The predicted molar refractivity (Wildman–Crippen MR) is 78.6 cm³/mol. The lowest BCUT2D eigenvalue weighted by Gasteiger charge is -2.12. The van der Waals surface area contributed by atoms with E-state index in [1.165, 1.54) is 30.7 Å². The van der Waals surface area contributed by atoms with Gasteiger partial charge in [0, 0.05) is 17.0 Å². The third kappa shape index (κ3) is 3.08. The molecular weight excluding hydrogens is 289 g/mol. The van der Waals surface area contributed by atoms with E-state index in [0.29, 0.717) is 18.2 Å². The maximum absolute atomic E-state index is 14.0. The first-order chi connectivity index (χ1) is 10.3. The molecule has 0 radical (unpaired) electrons. The molecule has 0 atom stereocenters. The lowest BCUT2D eigenvalue weighted by Crippen LogP contribution is -2.10. The van der Waals surface area contributed by atoms with Gasteiger partial charge in [-0.1, -0.05) is 18.9 Å². The highest BCUT2D eigenvalue weighted by molar-refractivity contribution is 7.99. The summed E-state index contributed by atoms with van der Waals surface area (Å²) in [5.74, 6) is -0.200. The number of nitrogens with one attached hydrogen (secondary N) is 1. The Morgan fingerprint density at radius 1 is 1.38 bits per heavy atom. The highest BCUT2D eigenvalue weighted by atomic mass is 32.2. The number of aromatic nitrogens is 4. The second-order valence-corrected chi connectivity index (χ2v) is 6.20. The number of tetrazole rings is 1. The molecule has 1 fully saturated rings. The van der Waals surface area contributed by atoms with E-state index >= 15 is 0 Å². The third-order valence-electron chi connectivity index (χ3n) is 3.76. The van der Waals surface area contributed by atoms with E-state index in [9.17, 15) is 4.39 Å². The van der Waals surface area contributed by atoms with Crippen molar-refractivity contribution >= 4 is 11.8 Å². The zero-order valence-corrected chi connectivity index (χ0v) is 12.7. The summed E-state index contributed by atoms with van der Waals surface area (Å²) < 4.78 is 15.9. The maximum atomic E-state index is 14.0. The lowest BCUT2D eigenvalue weighted by atomic mass is 10.2. The van der Waals surface area contributed by atoms with Gasteiger partial charge < -0.3 is 5.32 Å². The quantitative estimate of drug-likeness (QED) is 0.920. The number of hydrogen-bond donors (Lipinski definition) is 1. The minimum atomic E-state index is -0.200. The first kappa shape index (κ1) is 14.5. The number of halogens is 1. The second kappa shape index (κ2) is 6.53. The Kier molecular flexibility index (Phi) is 4.50. The van der Waals surface area contributed by atoms with Gasteiger partial charge in [-0.2, -0.15) is 0 Å². The van der Waals surface area contributed by atoms with Gasteiger partial charge in [-0.05, 0) is 54.2 Å². The largest absolute Gasteiger partial charge is 0.316 e. The van der Waals surface area contributed by atoms with Crippen molar-refractivity contribution in [3.05, 3.63) is 29.6 Å². The fourth-order valence-corrected chi connectivity index (χ4v) is 3.70. The lowest BCUT2D eigenvalue weighted by molar-refractivity contribution is 0.423. The van der Waals surface area contributed by atoms with Gasteiger partial charge in [0.15, 0.2) is 0 Å². The van der Waals surface area contributed by atoms with E-state index in [4.69, 9.17) is 0 Å². The van der Waals surface area contributed by atoms with Crippen molar-refractivity contribution in [3.63, 3.8) is 0 Å². The van der Waals surface area contributed by atoms with Crippen molar-refractivity contribution in [3.8, 4) is 0 Å². The van der Waals surface area contributed by atoms with Crippen molar-refractivity contribution in [1.29, 1.82) is 0 Å². The van der Waals surface area contributed by atoms with Gasteiger partial charge in [0.1, 0.15) is 5.82 Å². The van der Waals surface area contributed by atoms with Crippen LogP contribution in [0.4, 0.5) is 4.39 Å². The molecule has 1 aliphatic carbocycles. The number of hydrogen-bond acceptors (Lipinski definition) is 5. The van der Waals surface area contributed by atoms with Crippen molar-refractivity contribution in [2.45, 2.75) is 48.3 Å². The zero-order chi connectivity index (χ0) is 14.7. The Morgan fingerprint density at radius 2 is 2.19 bits per heavy atom. The number of benzene rings is 1. The summed E-state index contributed by atoms with van der Waals surface area (Å²) in [4.78, 5) is 0.860. The van der Waals surface area contributed by atoms with Crippen LogP contribution in [0, 0.1) is 5.82 Å². The molecule has 0 unspecified atom stereocenters. The molecule has 1 aromatic heterocycles. The standard InChI is InChI=1S/C14H18FN5S/c1-16-9-11-12(15)7-4-8-13(11)21-14-17-18-19-20(14)10-5-2-3-6-10/h4,7-8,10,16H,2-3,5-6,9H2,1H3. The summed E-state index contributed by atoms with van der Waals surface area (Å²) in [5.41, 5.74) is 0.658. The van der Waals surface area contributed by atoms with Gasteiger partial charge in [0.25, 0.3) is 0 Å². The summed E-state index contributed by atoms with van der Waals surface area (Å²) in [5, 5.41) is 15.8. The van der Waals surface area contributed by atoms with E-state index in [0.717, 1.165) is 22.9 Å². The molecule has 0 spiro atoms. The first-order valence-corrected chi connectivity index (χ1v) is 7.99. The molecule has 1 aromatic carbocycles. The van der Waals surface area contributed by atoms with Gasteiger partial charge in [-0.3, -0.25) is 0 Å². The smallest absolute Gasteiger partial charge is 0.214 e. The van der Waals surface area contributed by atoms with Crippen LogP contribution in [0.1, 0.15) is 37.3 Å². The van der Waals surface area contributed by atoms with Crippen LogP contribution in [0.15, 0.2) is 28.3 Å². The molecule has 3 rings (SSSR count). The molecule has 21 heavy (non-hydrogen) atoms. The molecule has 0 bridgehead atoms. The van der Waals surface area contributed by atoms with Crippen LogP contribution in [-0.2, 0) is 6.54 Å². The molecule has 1 N–H and O–H groups in total. The van der Waals surface area contributed by atoms with Gasteiger partial charge in [-0.25, -0.2) is 9.07 Å². The molecule has 0 amide bonds. The summed E-state index contributed by atoms with van der Waals surface area (Å²) in [6.45, 7) is 0.486. The summed E-state index contributed by atoms with van der Waals surface area (Å²) in [6.07, 6.45) is 4.68. The molecule has 1 saturated carbocycles. The molecule has 1 aliphatic rings. The Labute approximate surface area is 127 Å². The molecule has 5 nitrogen and oxygen atoms in total. The van der Waals surface area contributed by atoms with Crippen molar-refractivity contribution < 1.29 is 4.39 Å². The van der Waals surface area contributed by atoms with Crippen molar-refractivity contribution in [2.75, 3.05) is 7.05 Å². The maximum Gasteiger partial charge on any atom is 0.214 e. The Balaban J connectivity index is 1.87. The van der Waals surface area contributed by atoms with E-state index in [2.05, 4.69) is 20.8 Å². The minimum Gasteiger partial charge on any atom is -0.316 e. The average Bonchev–Trinajstić information content (AvgIpc) is 3.13. The predicted octanol–water partition coefficient (Wildman–Crippen LogP) is 2.80. The highest BCUT2D eigenvalue weighted by Gasteiger charge is 2.22. The normalized spacial score (nSPS) is 15.7. The highest BCUT2D eigenvalue weighted by Crippen LogP contribution is 2.35. The fraction of sp³-hybridized carbons (Fsp3) is 0.500. The monoisotopic (exact) mass is 307 g/mol. The summed E-state index contributed by atoms with van der Waals surface area (Å²) >= 11 is 1.44. The average molecular weight is 307 g/mol. The van der Waals surface area contributed by atoms with Crippen LogP contribution in [0.3, 0.4) is 0 Å². The van der Waals surface area contributed by atoms with E-state index in [-0.39, 0.29) is 5.82 Å².